The Hall–Kier alpha value is -0.940. The van der Waals surface area contributed by atoms with Gasteiger partial charge in [-0.2, -0.15) is 11.8 Å². The lowest BCUT2D eigenvalue weighted by molar-refractivity contribution is 0.288. The van der Waals surface area contributed by atoms with E-state index in [1.54, 1.807) is 24.0 Å². The van der Waals surface area contributed by atoms with Crippen LogP contribution in [0.5, 0.6) is 0 Å². The molecule has 1 aromatic rings. The number of anilines is 2. The zero-order chi connectivity index (χ0) is 11.3. The smallest absolute Gasteiger partial charge is 0.123 e. The van der Waals surface area contributed by atoms with Crippen LogP contribution in [0.4, 0.5) is 11.5 Å². The number of nitrogens with zero attached hydrogens (tertiary/aromatic N) is 1. The first kappa shape index (κ1) is 12.1. The summed E-state index contributed by atoms with van der Waals surface area (Å²) < 4.78 is 0. The van der Waals surface area contributed by atoms with Gasteiger partial charge in [-0.1, -0.05) is 0 Å². The molecule has 2 unspecified atom stereocenters. The molecule has 0 aliphatic heterocycles. The van der Waals surface area contributed by atoms with E-state index in [1.807, 2.05) is 19.2 Å². The zero-order valence-electron chi connectivity index (χ0n) is 8.97. The highest BCUT2D eigenvalue weighted by Gasteiger charge is 2.14. The minimum atomic E-state index is 0.164. The van der Waals surface area contributed by atoms with Gasteiger partial charge in [0.25, 0.3) is 0 Å². The number of hydrogen-bond acceptors (Lipinski definition) is 5. The summed E-state index contributed by atoms with van der Waals surface area (Å²) in [6, 6.07) is 3.82. The van der Waals surface area contributed by atoms with Crippen LogP contribution in [0.15, 0.2) is 18.3 Å². The van der Waals surface area contributed by atoms with E-state index in [0.29, 0.717) is 5.82 Å². The summed E-state index contributed by atoms with van der Waals surface area (Å²) in [5, 5.41) is 12.6. The maximum atomic E-state index is 9.12. The molecular formula is C10H17N3OS. The standard InChI is InChI=1S/C10H17N3OS/c1-7(9(6-14)15-2)13-8-3-4-10(11)12-5-8/h3-5,7,9,13-14H,6H2,1-2H3,(H2,11,12). The van der Waals surface area contributed by atoms with Gasteiger partial charge >= 0.3 is 0 Å². The number of nitrogens with one attached hydrogen (secondary N) is 1. The van der Waals surface area contributed by atoms with Crippen molar-refractivity contribution < 1.29 is 5.11 Å². The van der Waals surface area contributed by atoms with Crippen molar-refractivity contribution in [3.05, 3.63) is 18.3 Å². The van der Waals surface area contributed by atoms with E-state index >= 15 is 0 Å². The molecule has 2 atom stereocenters. The Bertz CT molecular complexity index is 287. The number of aliphatic hydroxyl groups is 1. The number of nitrogens with two attached hydrogens (primary N) is 1. The summed E-state index contributed by atoms with van der Waals surface area (Å²) >= 11 is 1.64. The molecule has 0 aliphatic carbocycles. The van der Waals surface area contributed by atoms with Gasteiger partial charge in [0.15, 0.2) is 0 Å². The Kier molecular flexibility index (Phi) is 4.71. The summed E-state index contributed by atoms with van der Waals surface area (Å²) in [7, 11) is 0. The van der Waals surface area contributed by atoms with Crippen molar-refractivity contribution in [2.45, 2.75) is 18.2 Å². The number of thioether (sulfide) groups is 1. The molecule has 1 heterocycles. The highest BCUT2D eigenvalue weighted by molar-refractivity contribution is 7.99. The fourth-order valence-electron chi connectivity index (χ4n) is 1.28. The molecular weight excluding hydrogens is 210 g/mol. The predicted octanol–water partition coefficient (Wildman–Crippen LogP) is 1.19. The van der Waals surface area contributed by atoms with E-state index in [1.165, 1.54) is 0 Å². The van der Waals surface area contributed by atoms with Crippen molar-refractivity contribution in [2.75, 3.05) is 23.9 Å². The Morgan fingerprint density at radius 3 is 2.80 bits per heavy atom. The summed E-state index contributed by atoms with van der Waals surface area (Å²) in [6.45, 7) is 2.20. The van der Waals surface area contributed by atoms with Crippen LogP contribution in [-0.2, 0) is 0 Å². The first-order valence-corrected chi connectivity index (χ1v) is 6.08. The van der Waals surface area contributed by atoms with E-state index < -0.39 is 0 Å². The van der Waals surface area contributed by atoms with Gasteiger partial charge in [-0.05, 0) is 25.3 Å². The number of aromatic nitrogens is 1. The Morgan fingerprint density at radius 1 is 1.60 bits per heavy atom. The second-order valence-electron chi connectivity index (χ2n) is 3.36. The van der Waals surface area contributed by atoms with Gasteiger partial charge in [0.1, 0.15) is 5.82 Å². The second-order valence-corrected chi connectivity index (χ2v) is 4.44. The van der Waals surface area contributed by atoms with E-state index in [9.17, 15) is 0 Å². The topological polar surface area (TPSA) is 71.2 Å². The van der Waals surface area contributed by atoms with E-state index in [0.717, 1.165) is 5.69 Å². The molecule has 0 fully saturated rings. The summed E-state index contributed by atoms with van der Waals surface area (Å²) in [4.78, 5) is 3.99. The molecule has 5 heteroatoms. The normalized spacial score (nSPS) is 14.6. The minimum absolute atomic E-state index is 0.164. The van der Waals surface area contributed by atoms with Gasteiger partial charge in [-0.25, -0.2) is 4.98 Å². The maximum absolute atomic E-state index is 9.12. The molecule has 0 bridgehead atoms. The average molecular weight is 227 g/mol. The van der Waals surface area contributed by atoms with Gasteiger partial charge < -0.3 is 16.2 Å². The van der Waals surface area contributed by atoms with Crippen LogP contribution in [0, 0.1) is 0 Å². The number of aliphatic hydroxyl groups excluding tert-OH is 1. The van der Waals surface area contributed by atoms with Crippen molar-refractivity contribution in [1.29, 1.82) is 0 Å². The second kappa shape index (κ2) is 5.82. The van der Waals surface area contributed by atoms with Crippen molar-refractivity contribution in [3.63, 3.8) is 0 Å². The van der Waals surface area contributed by atoms with Crippen LogP contribution in [0.3, 0.4) is 0 Å². The van der Waals surface area contributed by atoms with E-state index in [2.05, 4.69) is 10.3 Å². The molecule has 4 nitrogen and oxygen atoms in total. The van der Waals surface area contributed by atoms with Crippen LogP contribution in [0.1, 0.15) is 6.92 Å². The molecule has 0 aliphatic rings. The average Bonchev–Trinajstić information content (AvgIpc) is 2.23. The highest BCUT2D eigenvalue weighted by Crippen LogP contribution is 2.15. The monoisotopic (exact) mass is 227 g/mol. The lowest BCUT2D eigenvalue weighted by atomic mass is 10.2. The lowest BCUT2D eigenvalue weighted by Gasteiger charge is -2.22. The highest BCUT2D eigenvalue weighted by atomic mass is 32.2. The van der Waals surface area contributed by atoms with Crippen molar-refractivity contribution in [3.8, 4) is 0 Å². The fraction of sp³-hybridized carbons (Fsp3) is 0.500. The van der Waals surface area contributed by atoms with Crippen LogP contribution in [0.25, 0.3) is 0 Å². The Labute approximate surface area is 94.3 Å². The number of hydrogen-bond donors (Lipinski definition) is 3. The van der Waals surface area contributed by atoms with Gasteiger partial charge in [0, 0.05) is 11.3 Å². The summed E-state index contributed by atoms with van der Waals surface area (Å²) in [6.07, 6.45) is 3.68. The van der Waals surface area contributed by atoms with Crippen LogP contribution >= 0.6 is 11.8 Å². The molecule has 4 N–H and O–H groups in total. The van der Waals surface area contributed by atoms with E-state index in [4.69, 9.17) is 10.8 Å². The minimum Gasteiger partial charge on any atom is -0.395 e. The third-order valence-electron chi connectivity index (χ3n) is 2.22. The SMILES string of the molecule is CSC(CO)C(C)Nc1ccc(N)nc1. The van der Waals surface area contributed by atoms with Crippen LogP contribution < -0.4 is 11.1 Å². The molecule has 1 rings (SSSR count). The first-order valence-electron chi connectivity index (χ1n) is 4.79. The molecule has 15 heavy (non-hydrogen) atoms. The molecule has 0 spiro atoms. The van der Waals surface area contributed by atoms with E-state index in [-0.39, 0.29) is 17.9 Å². The van der Waals surface area contributed by atoms with Crippen molar-refractivity contribution in [1.82, 2.24) is 4.98 Å². The van der Waals surface area contributed by atoms with Gasteiger partial charge in [0.2, 0.25) is 0 Å². The molecule has 84 valence electrons. The molecule has 0 radical (unpaired) electrons. The summed E-state index contributed by atoms with van der Waals surface area (Å²) in [5.74, 6) is 0.511. The fourth-order valence-corrected chi connectivity index (χ4v) is 1.91. The molecule has 1 aromatic heterocycles. The molecule has 0 aromatic carbocycles. The summed E-state index contributed by atoms with van der Waals surface area (Å²) in [5.41, 5.74) is 6.41. The van der Waals surface area contributed by atoms with Crippen LogP contribution in [0.2, 0.25) is 0 Å². The quantitative estimate of drug-likeness (QED) is 0.705. The Balaban J connectivity index is 2.57. The zero-order valence-corrected chi connectivity index (χ0v) is 9.79. The Morgan fingerprint density at radius 2 is 2.33 bits per heavy atom. The van der Waals surface area contributed by atoms with Crippen LogP contribution in [-0.4, -0.2) is 34.2 Å². The number of rotatable bonds is 5. The third-order valence-corrected chi connectivity index (χ3v) is 3.38. The van der Waals surface area contributed by atoms with Gasteiger partial charge in [0.05, 0.1) is 18.5 Å². The molecule has 0 amide bonds. The van der Waals surface area contributed by atoms with Gasteiger partial charge in [-0.15, -0.1) is 0 Å². The third kappa shape index (κ3) is 3.60. The predicted molar refractivity (Wildman–Crippen MR) is 66.1 cm³/mol. The lowest BCUT2D eigenvalue weighted by Crippen LogP contribution is -2.30. The molecule has 0 saturated heterocycles. The number of pyridine rings is 1. The van der Waals surface area contributed by atoms with Crippen molar-refractivity contribution in [2.24, 2.45) is 0 Å². The largest absolute Gasteiger partial charge is 0.395 e. The van der Waals surface area contributed by atoms with Crippen molar-refractivity contribution >= 4 is 23.3 Å². The maximum Gasteiger partial charge on any atom is 0.123 e. The van der Waals surface area contributed by atoms with Gasteiger partial charge in [-0.3, -0.25) is 0 Å². The first-order chi connectivity index (χ1) is 7.17. The number of nitrogen functional groups attached to an aromatic ring is 1. The molecule has 0 saturated carbocycles.